The van der Waals surface area contributed by atoms with Crippen LogP contribution in [-0.4, -0.2) is 28.6 Å². The Morgan fingerprint density at radius 3 is 2.54 bits per heavy atom. The van der Waals surface area contributed by atoms with Crippen molar-refractivity contribution in [1.82, 2.24) is 4.90 Å². The summed E-state index contributed by atoms with van der Waals surface area (Å²) in [5, 5.41) is 23.0. The molecule has 1 saturated heterocycles. The maximum absolute atomic E-state index is 9.71. The summed E-state index contributed by atoms with van der Waals surface area (Å²) < 4.78 is 0. The zero-order chi connectivity index (χ0) is 18.1. The van der Waals surface area contributed by atoms with Gasteiger partial charge in [-0.25, -0.2) is 0 Å². The molecular weight excluding hydrogens is 322 g/mol. The highest BCUT2D eigenvalue weighted by Crippen LogP contribution is 2.44. The summed E-state index contributed by atoms with van der Waals surface area (Å²) in [7, 11) is 0. The zero-order valence-corrected chi connectivity index (χ0v) is 15.2. The average Bonchev–Trinajstić information content (AvgIpc) is 2.65. The SMILES string of the molecule is CC1CC2(CCN(C(C#N)c3ccc(O)cc3)CC2)Nc2ccccc21. The van der Waals surface area contributed by atoms with Gasteiger partial charge in [0.2, 0.25) is 0 Å². The molecule has 2 unspecified atom stereocenters. The number of nitrogens with zero attached hydrogens (tertiary/aromatic N) is 2. The lowest BCUT2D eigenvalue weighted by Crippen LogP contribution is -2.52. The number of rotatable bonds is 2. The van der Waals surface area contributed by atoms with Crippen LogP contribution in [0.5, 0.6) is 5.75 Å². The third-order valence-corrected chi connectivity index (χ3v) is 6.04. The lowest BCUT2D eigenvalue weighted by Gasteiger charge is -2.48. The predicted molar refractivity (Wildman–Crippen MR) is 103 cm³/mol. The minimum Gasteiger partial charge on any atom is -0.508 e. The van der Waals surface area contributed by atoms with Crippen molar-refractivity contribution in [2.24, 2.45) is 0 Å². The fraction of sp³-hybridized carbons (Fsp3) is 0.409. The number of fused-ring (bicyclic) bond motifs is 1. The molecular formula is C22H25N3O. The molecule has 0 bridgehead atoms. The van der Waals surface area contributed by atoms with Gasteiger partial charge in [-0.2, -0.15) is 5.26 Å². The molecule has 26 heavy (non-hydrogen) atoms. The Hall–Kier alpha value is -2.51. The molecule has 2 aliphatic rings. The van der Waals surface area contributed by atoms with Gasteiger partial charge in [0.15, 0.2) is 0 Å². The molecule has 4 rings (SSSR count). The number of phenolic OH excluding ortho intramolecular Hbond substituents is 1. The number of hydrogen-bond acceptors (Lipinski definition) is 4. The number of para-hydroxylation sites is 1. The van der Waals surface area contributed by atoms with Crippen molar-refractivity contribution in [3.8, 4) is 11.8 Å². The summed E-state index contributed by atoms with van der Waals surface area (Å²) in [6, 6.07) is 17.9. The molecule has 0 aliphatic carbocycles. The third kappa shape index (κ3) is 3.04. The van der Waals surface area contributed by atoms with Crippen LogP contribution in [0.3, 0.4) is 0 Å². The van der Waals surface area contributed by atoms with Gasteiger partial charge in [-0.05, 0) is 54.5 Å². The standard InChI is InChI=1S/C22H25N3O/c1-16-14-22(24-20-5-3-2-4-19(16)20)10-12-25(13-11-22)21(15-23)17-6-8-18(26)9-7-17/h2-9,16,21,24,26H,10-14H2,1H3. The van der Waals surface area contributed by atoms with Gasteiger partial charge in [-0.3, -0.25) is 4.90 Å². The summed E-state index contributed by atoms with van der Waals surface area (Å²) in [6.45, 7) is 4.13. The maximum atomic E-state index is 9.71. The summed E-state index contributed by atoms with van der Waals surface area (Å²) in [5.74, 6) is 0.796. The van der Waals surface area contributed by atoms with E-state index >= 15 is 0 Å². The number of hydrogen-bond donors (Lipinski definition) is 2. The van der Waals surface area contributed by atoms with Crippen LogP contribution in [0.1, 0.15) is 49.3 Å². The minimum atomic E-state index is -0.249. The quantitative estimate of drug-likeness (QED) is 0.845. The van der Waals surface area contributed by atoms with E-state index in [9.17, 15) is 10.4 Å². The van der Waals surface area contributed by atoms with E-state index in [1.807, 2.05) is 12.1 Å². The van der Waals surface area contributed by atoms with Crippen molar-refractivity contribution in [3.05, 3.63) is 59.7 Å². The second-order valence-corrected chi connectivity index (χ2v) is 7.76. The number of benzene rings is 2. The number of phenols is 1. The Labute approximate surface area is 155 Å². The van der Waals surface area contributed by atoms with Gasteiger partial charge in [-0.1, -0.05) is 37.3 Å². The second-order valence-electron chi connectivity index (χ2n) is 7.76. The van der Waals surface area contributed by atoms with Gasteiger partial charge in [0.1, 0.15) is 11.8 Å². The van der Waals surface area contributed by atoms with Crippen molar-refractivity contribution in [2.45, 2.75) is 43.7 Å². The summed E-state index contributed by atoms with van der Waals surface area (Å²) in [6.07, 6.45) is 3.23. The highest BCUT2D eigenvalue weighted by molar-refractivity contribution is 5.57. The van der Waals surface area contributed by atoms with Crippen LogP contribution in [-0.2, 0) is 0 Å². The second kappa shape index (κ2) is 6.66. The molecule has 1 spiro atoms. The van der Waals surface area contributed by atoms with Crippen molar-refractivity contribution >= 4 is 5.69 Å². The van der Waals surface area contributed by atoms with Crippen LogP contribution in [0.25, 0.3) is 0 Å². The molecule has 2 aromatic carbocycles. The maximum Gasteiger partial charge on any atom is 0.123 e. The molecule has 134 valence electrons. The van der Waals surface area contributed by atoms with Gasteiger partial charge in [0, 0.05) is 24.3 Å². The molecule has 2 atom stereocenters. The van der Waals surface area contributed by atoms with Crippen LogP contribution >= 0.6 is 0 Å². The fourth-order valence-corrected chi connectivity index (χ4v) is 4.64. The third-order valence-electron chi connectivity index (χ3n) is 6.04. The van der Waals surface area contributed by atoms with E-state index in [0.717, 1.165) is 37.9 Å². The number of likely N-dealkylation sites (tertiary alicyclic amines) is 1. The number of aromatic hydroxyl groups is 1. The largest absolute Gasteiger partial charge is 0.508 e. The van der Waals surface area contributed by atoms with Crippen LogP contribution in [0, 0.1) is 11.3 Å². The lowest BCUT2D eigenvalue weighted by atomic mass is 9.74. The summed E-state index contributed by atoms with van der Waals surface area (Å²) >= 11 is 0. The molecule has 2 aliphatic heterocycles. The normalized spacial score (nSPS) is 22.8. The molecule has 2 aromatic rings. The molecule has 0 aromatic heterocycles. The number of piperidine rings is 1. The van der Waals surface area contributed by atoms with Crippen LogP contribution in [0.2, 0.25) is 0 Å². The monoisotopic (exact) mass is 347 g/mol. The number of nitriles is 1. The van der Waals surface area contributed by atoms with Crippen molar-refractivity contribution in [3.63, 3.8) is 0 Å². The molecule has 4 heteroatoms. The summed E-state index contributed by atoms with van der Waals surface area (Å²) in [5.41, 5.74) is 3.78. The van der Waals surface area contributed by atoms with E-state index in [4.69, 9.17) is 0 Å². The van der Waals surface area contributed by atoms with Crippen molar-refractivity contribution < 1.29 is 5.11 Å². The molecule has 1 fully saturated rings. The minimum absolute atomic E-state index is 0.138. The summed E-state index contributed by atoms with van der Waals surface area (Å²) in [4.78, 5) is 2.27. The highest BCUT2D eigenvalue weighted by atomic mass is 16.3. The Balaban J connectivity index is 1.49. The van der Waals surface area contributed by atoms with E-state index < -0.39 is 0 Å². The molecule has 0 radical (unpaired) electrons. The van der Waals surface area contributed by atoms with E-state index in [2.05, 4.69) is 47.5 Å². The van der Waals surface area contributed by atoms with E-state index in [-0.39, 0.29) is 17.3 Å². The van der Waals surface area contributed by atoms with Crippen LogP contribution in [0.4, 0.5) is 5.69 Å². The predicted octanol–water partition coefficient (Wildman–Crippen LogP) is 4.41. The Bertz CT molecular complexity index is 816. The molecule has 2 heterocycles. The first-order valence-electron chi connectivity index (χ1n) is 9.40. The lowest BCUT2D eigenvalue weighted by molar-refractivity contribution is 0.138. The molecule has 2 N–H and O–H groups in total. The zero-order valence-electron chi connectivity index (χ0n) is 15.2. The van der Waals surface area contributed by atoms with Crippen molar-refractivity contribution in [1.29, 1.82) is 5.26 Å². The van der Waals surface area contributed by atoms with Gasteiger partial charge in [-0.15, -0.1) is 0 Å². The Morgan fingerprint density at radius 2 is 1.85 bits per heavy atom. The van der Waals surface area contributed by atoms with Gasteiger partial charge >= 0.3 is 0 Å². The Morgan fingerprint density at radius 1 is 1.15 bits per heavy atom. The van der Waals surface area contributed by atoms with Crippen LogP contribution < -0.4 is 5.32 Å². The van der Waals surface area contributed by atoms with Crippen molar-refractivity contribution in [2.75, 3.05) is 18.4 Å². The topological polar surface area (TPSA) is 59.3 Å². The van der Waals surface area contributed by atoms with E-state index in [1.165, 1.54) is 11.3 Å². The molecule has 0 amide bonds. The smallest absolute Gasteiger partial charge is 0.123 e. The first-order valence-corrected chi connectivity index (χ1v) is 9.40. The average molecular weight is 347 g/mol. The van der Waals surface area contributed by atoms with Gasteiger partial charge < -0.3 is 10.4 Å². The molecule has 4 nitrogen and oxygen atoms in total. The highest BCUT2D eigenvalue weighted by Gasteiger charge is 2.41. The number of anilines is 1. The van der Waals surface area contributed by atoms with Crippen LogP contribution in [0.15, 0.2) is 48.5 Å². The first kappa shape index (κ1) is 16.9. The number of nitrogens with one attached hydrogen (secondary N) is 1. The fourth-order valence-electron chi connectivity index (χ4n) is 4.64. The Kier molecular flexibility index (Phi) is 4.34. The van der Waals surface area contributed by atoms with E-state index in [1.54, 1.807) is 12.1 Å². The van der Waals surface area contributed by atoms with Gasteiger partial charge in [0.25, 0.3) is 0 Å². The van der Waals surface area contributed by atoms with Gasteiger partial charge in [0.05, 0.1) is 6.07 Å². The molecule has 0 saturated carbocycles. The first-order chi connectivity index (χ1) is 12.6. The van der Waals surface area contributed by atoms with E-state index in [0.29, 0.717) is 5.92 Å².